The van der Waals surface area contributed by atoms with E-state index in [-0.39, 0.29) is 0 Å². The zero-order valence-corrected chi connectivity index (χ0v) is 14.0. The molecule has 116 valence electrons. The average molecular weight is 294 g/mol. The molecule has 2 aromatic rings. The first-order valence-corrected chi connectivity index (χ1v) is 8.27. The van der Waals surface area contributed by atoms with E-state index in [1.165, 1.54) is 42.4 Å². The number of nitrogens with zero attached hydrogens (tertiary/aromatic N) is 2. The van der Waals surface area contributed by atoms with Crippen LogP contribution >= 0.6 is 0 Å². The minimum Gasteiger partial charge on any atom is -0.151 e. The lowest BCUT2D eigenvalue weighted by Crippen LogP contribution is -1.88. The van der Waals surface area contributed by atoms with Crippen molar-refractivity contribution in [3.05, 3.63) is 59.2 Å². The number of rotatable bonds is 7. The Bertz CT molecular complexity index is 612. The van der Waals surface area contributed by atoms with Crippen molar-refractivity contribution < 1.29 is 0 Å². The molecule has 0 amide bonds. The third-order valence-corrected chi connectivity index (χ3v) is 3.84. The Morgan fingerprint density at radius 2 is 1.50 bits per heavy atom. The fraction of sp³-hybridized carbons (Fsp3) is 0.400. The molecule has 0 saturated heterocycles. The maximum absolute atomic E-state index is 4.47. The second-order valence-corrected chi connectivity index (χ2v) is 5.98. The van der Waals surface area contributed by atoms with E-state index < -0.39 is 0 Å². The largest absolute Gasteiger partial charge is 0.151 e. The summed E-state index contributed by atoms with van der Waals surface area (Å²) in [7, 11) is 0. The van der Waals surface area contributed by atoms with Crippen molar-refractivity contribution in [1.82, 2.24) is 0 Å². The van der Waals surface area contributed by atoms with Crippen molar-refractivity contribution in [2.75, 3.05) is 0 Å². The molecule has 0 aliphatic carbocycles. The molecule has 0 bridgehead atoms. The molecular weight excluding hydrogens is 268 g/mol. The minimum atomic E-state index is 0.906. The van der Waals surface area contributed by atoms with Crippen LogP contribution < -0.4 is 0 Å². The molecule has 0 fully saturated rings. The van der Waals surface area contributed by atoms with Gasteiger partial charge >= 0.3 is 0 Å². The van der Waals surface area contributed by atoms with Crippen LogP contribution in [0.25, 0.3) is 0 Å². The van der Waals surface area contributed by atoms with Crippen molar-refractivity contribution >= 4 is 11.4 Å². The number of aryl methyl sites for hydroxylation is 3. The lowest BCUT2D eigenvalue weighted by molar-refractivity contribution is 0.667. The molecule has 0 radical (unpaired) electrons. The summed E-state index contributed by atoms with van der Waals surface area (Å²) in [5.74, 6) is 0. The minimum absolute atomic E-state index is 0.906. The van der Waals surface area contributed by atoms with Gasteiger partial charge in [0.2, 0.25) is 0 Å². The molecule has 0 saturated carbocycles. The van der Waals surface area contributed by atoms with Crippen LogP contribution in [0.1, 0.15) is 49.3 Å². The maximum Gasteiger partial charge on any atom is 0.0889 e. The average Bonchev–Trinajstić information content (AvgIpc) is 2.52. The van der Waals surface area contributed by atoms with Crippen LogP contribution in [0.5, 0.6) is 0 Å². The van der Waals surface area contributed by atoms with Gasteiger partial charge in [0.05, 0.1) is 11.4 Å². The van der Waals surface area contributed by atoms with Gasteiger partial charge in [0.25, 0.3) is 0 Å². The molecule has 2 aromatic carbocycles. The van der Waals surface area contributed by atoms with E-state index in [1.54, 1.807) is 0 Å². The van der Waals surface area contributed by atoms with E-state index in [0.717, 1.165) is 17.8 Å². The van der Waals surface area contributed by atoms with Crippen LogP contribution in [0.4, 0.5) is 11.4 Å². The van der Waals surface area contributed by atoms with Gasteiger partial charge in [-0.05, 0) is 50.5 Å². The van der Waals surface area contributed by atoms with Crippen molar-refractivity contribution in [3.63, 3.8) is 0 Å². The zero-order chi connectivity index (χ0) is 15.8. The lowest BCUT2D eigenvalue weighted by Gasteiger charge is -2.06. The highest BCUT2D eigenvalue weighted by Crippen LogP contribution is 2.25. The number of azo groups is 1. The topological polar surface area (TPSA) is 24.7 Å². The molecule has 0 unspecified atom stereocenters. The highest BCUT2D eigenvalue weighted by atomic mass is 15.1. The van der Waals surface area contributed by atoms with E-state index in [9.17, 15) is 0 Å². The highest BCUT2D eigenvalue weighted by Gasteiger charge is 2.02. The number of hydrogen-bond donors (Lipinski definition) is 0. The van der Waals surface area contributed by atoms with E-state index in [0.29, 0.717) is 0 Å². The Morgan fingerprint density at radius 1 is 0.773 bits per heavy atom. The van der Waals surface area contributed by atoms with Crippen LogP contribution in [0.2, 0.25) is 0 Å². The van der Waals surface area contributed by atoms with Crippen LogP contribution in [-0.4, -0.2) is 0 Å². The van der Waals surface area contributed by atoms with E-state index in [2.05, 4.69) is 61.3 Å². The van der Waals surface area contributed by atoms with Gasteiger partial charge in [-0.25, -0.2) is 0 Å². The van der Waals surface area contributed by atoms with Crippen molar-refractivity contribution in [2.24, 2.45) is 10.2 Å². The summed E-state index contributed by atoms with van der Waals surface area (Å²) in [6.07, 6.45) is 6.19. The Morgan fingerprint density at radius 3 is 2.23 bits per heavy atom. The quantitative estimate of drug-likeness (QED) is 0.394. The Kier molecular flexibility index (Phi) is 6.32. The molecule has 0 aliphatic heterocycles. The second-order valence-electron chi connectivity index (χ2n) is 5.98. The molecule has 2 heteroatoms. The SMILES string of the molecule is CCCCCCc1cc(C)ccc1N=Nc1ccc(C)cc1. The highest BCUT2D eigenvalue weighted by molar-refractivity contribution is 5.48. The summed E-state index contributed by atoms with van der Waals surface area (Å²) in [6.45, 7) is 6.46. The monoisotopic (exact) mass is 294 g/mol. The first-order chi connectivity index (χ1) is 10.7. The van der Waals surface area contributed by atoms with Gasteiger partial charge in [-0.3, -0.25) is 0 Å². The summed E-state index contributed by atoms with van der Waals surface area (Å²) in [5.41, 5.74) is 5.75. The second kappa shape index (κ2) is 8.47. The molecule has 0 aromatic heterocycles. The Hall–Kier alpha value is -1.96. The first-order valence-electron chi connectivity index (χ1n) is 8.27. The summed E-state index contributed by atoms with van der Waals surface area (Å²) < 4.78 is 0. The zero-order valence-electron chi connectivity index (χ0n) is 14.0. The van der Waals surface area contributed by atoms with E-state index >= 15 is 0 Å². The van der Waals surface area contributed by atoms with Crippen LogP contribution in [0.15, 0.2) is 52.7 Å². The molecular formula is C20H26N2. The molecule has 2 nitrogen and oxygen atoms in total. The molecule has 0 spiro atoms. The molecule has 22 heavy (non-hydrogen) atoms. The van der Waals surface area contributed by atoms with Gasteiger partial charge < -0.3 is 0 Å². The van der Waals surface area contributed by atoms with Gasteiger partial charge in [-0.2, -0.15) is 10.2 Å². The lowest BCUT2D eigenvalue weighted by atomic mass is 10.0. The van der Waals surface area contributed by atoms with E-state index in [1.807, 2.05) is 12.1 Å². The van der Waals surface area contributed by atoms with Crippen molar-refractivity contribution in [1.29, 1.82) is 0 Å². The molecule has 0 aliphatic rings. The van der Waals surface area contributed by atoms with Gasteiger partial charge in [0, 0.05) is 0 Å². The van der Waals surface area contributed by atoms with Gasteiger partial charge in [0.15, 0.2) is 0 Å². The smallest absolute Gasteiger partial charge is 0.0889 e. The Balaban J connectivity index is 2.10. The third-order valence-electron chi connectivity index (χ3n) is 3.84. The normalized spacial score (nSPS) is 11.2. The standard InChI is InChI=1S/C20H26N2/c1-4-5-6-7-8-18-15-17(3)11-14-20(18)22-21-19-12-9-16(2)10-13-19/h9-15H,4-8H2,1-3H3. The van der Waals surface area contributed by atoms with Crippen molar-refractivity contribution in [3.8, 4) is 0 Å². The van der Waals surface area contributed by atoms with Gasteiger partial charge in [-0.1, -0.05) is 61.6 Å². The molecule has 0 heterocycles. The fourth-order valence-electron chi connectivity index (χ4n) is 2.48. The number of unbranched alkanes of at least 4 members (excludes halogenated alkanes) is 3. The summed E-state index contributed by atoms with van der Waals surface area (Å²) in [4.78, 5) is 0. The van der Waals surface area contributed by atoms with Crippen LogP contribution in [-0.2, 0) is 6.42 Å². The summed E-state index contributed by atoms with van der Waals surface area (Å²) in [5, 5.41) is 8.85. The maximum atomic E-state index is 4.47. The summed E-state index contributed by atoms with van der Waals surface area (Å²) >= 11 is 0. The third kappa shape index (κ3) is 5.10. The van der Waals surface area contributed by atoms with Crippen LogP contribution in [0, 0.1) is 13.8 Å². The predicted molar refractivity (Wildman–Crippen MR) is 94.4 cm³/mol. The van der Waals surface area contributed by atoms with Gasteiger partial charge in [-0.15, -0.1) is 0 Å². The summed E-state index contributed by atoms with van der Waals surface area (Å²) in [6, 6.07) is 14.6. The molecule has 2 rings (SSSR count). The van der Waals surface area contributed by atoms with Crippen LogP contribution in [0.3, 0.4) is 0 Å². The number of hydrogen-bond acceptors (Lipinski definition) is 2. The predicted octanol–water partition coefficient (Wildman–Crippen LogP) is 6.84. The Labute approximate surface area is 134 Å². The molecule has 0 N–H and O–H groups in total. The number of benzene rings is 2. The van der Waals surface area contributed by atoms with Gasteiger partial charge in [0.1, 0.15) is 0 Å². The van der Waals surface area contributed by atoms with Crippen molar-refractivity contribution in [2.45, 2.75) is 52.9 Å². The van der Waals surface area contributed by atoms with E-state index in [4.69, 9.17) is 0 Å². The first kappa shape index (κ1) is 16.4. The fourth-order valence-corrected chi connectivity index (χ4v) is 2.48. The molecule has 0 atom stereocenters.